The molecule has 0 radical (unpaired) electrons. The van der Waals surface area contributed by atoms with Gasteiger partial charge in [-0.2, -0.15) is 0 Å². The summed E-state index contributed by atoms with van der Waals surface area (Å²) in [6, 6.07) is 11.3. The van der Waals surface area contributed by atoms with E-state index in [1.165, 1.54) is 68.7 Å². The van der Waals surface area contributed by atoms with Crippen molar-refractivity contribution in [1.29, 1.82) is 0 Å². The Labute approximate surface area is 153 Å². The summed E-state index contributed by atoms with van der Waals surface area (Å²) in [5.74, 6) is 2.08. The van der Waals surface area contributed by atoms with E-state index >= 15 is 0 Å². The van der Waals surface area contributed by atoms with Crippen LogP contribution in [0.2, 0.25) is 8.94 Å². The van der Waals surface area contributed by atoms with Crippen molar-refractivity contribution in [3.63, 3.8) is 0 Å². The summed E-state index contributed by atoms with van der Waals surface area (Å²) in [4.78, 5) is 0. The van der Waals surface area contributed by atoms with Crippen molar-refractivity contribution < 1.29 is 0 Å². The molecule has 2 aliphatic rings. The molecule has 0 spiro atoms. The van der Waals surface area contributed by atoms with E-state index in [4.69, 9.17) is 0 Å². The Morgan fingerprint density at radius 1 is 0.739 bits per heavy atom. The molecule has 0 nitrogen and oxygen atoms in total. The second kappa shape index (κ2) is 9.26. The number of benzene rings is 1. The molecule has 2 saturated carbocycles. The molecule has 0 amide bonds. The third kappa shape index (κ3) is 6.05. The van der Waals surface area contributed by atoms with Gasteiger partial charge in [0, 0.05) is 0 Å². The van der Waals surface area contributed by atoms with Gasteiger partial charge in [-0.3, -0.25) is 0 Å². The van der Waals surface area contributed by atoms with Crippen molar-refractivity contribution in [3.8, 4) is 0 Å². The molecule has 2 heteroatoms. The first kappa shape index (κ1) is 18.3. The molecular weight excluding hydrogens is 460 g/mol. The minimum atomic E-state index is -1.97. The van der Waals surface area contributed by atoms with Crippen LogP contribution < -0.4 is 0 Å². The standard InChI is InChI=1S/C21H33BrTe/c22-23(16-19-10-4-1-5-11-19,17-20-12-6-2-7-13-20)18-21-14-8-3-9-15-21/h1,4-5,10-11,20-21H,2-3,6-9,12-18H2. The van der Waals surface area contributed by atoms with Crippen LogP contribution in [-0.4, -0.2) is 16.0 Å². The first-order valence-corrected chi connectivity index (χ1v) is 19.9. The topological polar surface area (TPSA) is 0 Å². The van der Waals surface area contributed by atoms with Crippen LogP contribution in [0.1, 0.15) is 69.8 Å². The average molecular weight is 493 g/mol. The van der Waals surface area contributed by atoms with E-state index in [1.807, 2.05) is 0 Å². The van der Waals surface area contributed by atoms with Gasteiger partial charge in [0.05, 0.1) is 0 Å². The molecule has 0 aliphatic heterocycles. The van der Waals surface area contributed by atoms with Crippen molar-refractivity contribution >= 4 is 28.7 Å². The third-order valence-corrected chi connectivity index (χ3v) is 19.4. The normalized spacial score (nSPS) is 22.1. The maximum atomic E-state index is 4.48. The second-order valence-corrected chi connectivity index (χ2v) is 25.2. The van der Waals surface area contributed by atoms with Gasteiger partial charge in [0.15, 0.2) is 0 Å². The van der Waals surface area contributed by atoms with Crippen molar-refractivity contribution in [2.75, 3.05) is 0 Å². The molecule has 0 unspecified atom stereocenters. The van der Waals surface area contributed by atoms with Crippen LogP contribution in [0.25, 0.3) is 0 Å². The molecule has 0 saturated heterocycles. The van der Waals surface area contributed by atoms with E-state index in [1.54, 1.807) is 14.5 Å². The van der Waals surface area contributed by atoms with Crippen LogP contribution in [0.3, 0.4) is 0 Å². The predicted octanol–water partition coefficient (Wildman–Crippen LogP) is 7.27. The first-order chi connectivity index (χ1) is 11.2. The monoisotopic (exact) mass is 494 g/mol. The van der Waals surface area contributed by atoms with E-state index in [0.29, 0.717) is 0 Å². The van der Waals surface area contributed by atoms with Crippen LogP contribution >= 0.6 is 12.8 Å². The Hall–Kier alpha value is 0.490. The van der Waals surface area contributed by atoms with Crippen molar-refractivity contribution in [2.24, 2.45) is 11.8 Å². The number of hydrogen-bond acceptors (Lipinski definition) is 0. The predicted molar refractivity (Wildman–Crippen MR) is 108 cm³/mol. The summed E-state index contributed by atoms with van der Waals surface area (Å²) in [7, 11) is 0. The number of rotatable bonds is 6. The van der Waals surface area contributed by atoms with Gasteiger partial charge in [-0.05, 0) is 0 Å². The molecule has 1 aromatic carbocycles. The van der Waals surface area contributed by atoms with Gasteiger partial charge in [0.2, 0.25) is 0 Å². The molecular formula is C21H33BrTe. The van der Waals surface area contributed by atoms with Crippen LogP contribution in [0.5, 0.6) is 0 Å². The number of hydrogen-bond donors (Lipinski definition) is 0. The van der Waals surface area contributed by atoms with Crippen molar-refractivity contribution in [1.82, 2.24) is 0 Å². The summed E-state index contributed by atoms with van der Waals surface area (Å²) < 4.78 is 4.55. The zero-order valence-corrected chi connectivity index (χ0v) is 18.4. The second-order valence-electron chi connectivity index (χ2n) is 7.91. The van der Waals surface area contributed by atoms with Gasteiger partial charge >= 0.3 is 154 Å². The fraction of sp³-hybridized carbons (Fsp3) is 0.714. The zero-order valence-electron chi connectivity index (χ0n) is 14.5. The molecule has 2 fully saturated rings. The molecule has 130 valence electrons. The molecule has 0 aromatic heterocycles. The average Bonchev–Trinajstić information content (AvgIpc) is 2.57. The van der Waals surface area contributed by atoms with Crippen LogP contribution in [0.15, 0.2) is 30.3 Å². The van der Waals surface area contributed by atoms with E-state index in [-0.39, 0.29) is 0 Å². The van der Waals surface area contributed by atoms with Gasteiger partial charge in [0.1, 0.15) is 0 Å². The Morgan fingerprint density at radius 3 is 1.70 bits per heavy atom. The number of halogens is 1. The summed E-state index contributed by atoms with van der Waals surface area (Å²) in [5.41, 5.74) is 1.59. The van der Waals surface area contributed by atoms with Crippen molar-refractivity contribution in [2.45, 2.75) is 77.6 Å². The van der Waals surface area contributed by atoms with Gasteiger partial charge in [0.25, 0.3) is 0 Å². The van der Waals surface area contributed by atoms with E-state index in [0.717, 1.165) is 11.8 Å². The first-order valence-electron chi connectivity index (χ1n) is 9.73. The van der Waals surface area contributed by atoms with Gasteiger partial charge < -0.3 is 0 Å². The molecule has 0 atom stereocenters. The minimum absolute atomic E-state index is 1.04. The summed E-state index contributed by atoms with van der Waals surface area (Å²) in [6.45, 7) is 0. The molecule has 0 bridgehead atoms. The Balaban J connectivity index is 1.67. The quantitative estimate of drug-likeness (QED) is 0.366. The zero-order chi connectivity index (χ0) is 16.0. The summed E-state index contributed by atoms with van der Waals surface area (Å²) in [5, 5.41) is 0. The summed E-state index contributed by atoms with van der Waals surface area (Å²) >= 11 is 2.51. The van der Waals surface area contributed by atoms with Gasteiger partial charge in [-0.1, -0.05) is 0 Å². The summed E-state index contributed by atoms with van der Waals surface area (Å²) in [6.07, 6.45) is 15.0. The SMILES string of the molecule is Br[Te](Cc1ccccc1)(CC1CCCCC1)CC1CCCCC1. The van der Waals surface area contributed by atoms with Gasteiger partial charge in [-0.15, -0.1) is 0 Å². The Bertz CT molecular complexity index is 426. The Kier molecular flexibility index (Phi) is 7.36. The van der Waals surface area contributed by atoms with Crippen molar-refractivity contribution in [3.05, 3.63) is 35.9 Å². The molecule has 0 N–H and O–H groups in total. The van der Waals surface area contributed by atoms with Crippen LogP contribution in [0, 0.1) is 11.8 Å². The van der Waals surface area contributed by atoms with Gasteiger partial charge in [-0.25, -0.2) is 0 Å². The molecule has 23 heavy (non-hydrogen) atoms. The van der Waals surface area contributed by atoms with E-state index in [2.05, 4.69) is 43.1 Å². The fourth-order valence-corrected chi connectivity index (χ4v) is 21.4. The molecule has 0 heterocycles. The molecule has 1 aromatic rings. The van der Waals surface area contributed by atoms with E-state index in [9.17, 15) is 0 Å². The van der Waals surface area contributed by atoms with E-state index < -0.39 is 16.0 Å². The molecule has 2 aliphatic carbocycles. The van der Waals surface area contributed by atoms with Crippen LogP contribution in [-0.2, 0) is 4.47 Å². The Morgan fingerprint density at radius 2 is 1.22 bits per heavy atom. The third-order valence-electron chi connectivity index (χ3n) is 5.79. The maximum absolute atomic E-state index is 4.48. The fourth-order valence-electron chi connectivity index (χ4n) is 4.61. The molecule has 3 rings (SSSR count). The van der Waals surface area contributed by atoms with Crippen LogP contribution in [0.4, 0.5) is 0 Å².